The van der Waals surface area contributed by atoms with Gasteiger partial charge in [0.05, 0.1) is 0 Å². The van der Waals surface area contributed by atoms with Crippen molar-refractivity contribution in [1.82, 2.24) is 4.57 Å². The molecule has 0 saturated carbocycles. The van der Waals surface area contributed by atoms with Crippen LogP contribution in [0.5, 0.6) is 0 Å². The maximum Gasteiger partial charge on any atom is 0.500 e. The fraction of sp³-hybridized carbons (Fsp3) is 1.00. The fourth-order valence-electron chi connectivity index (χ4n) is 1.99. The Labute approximate surface area is 119 Å². The highest BCUT2D eigenvalue weighted by Gasteiger charge is 2.47. The lowest BCUT2D eigenvalue weighted by atomic mass is 10.9. The van der Waals surface area contributed by atoms with Gasteiger partial charge < -0.3 is 22.1 Å². The number of nitrogens with zero attached hydrogens (tertiary/aromatic N) is 1. The van der Waals surface area contributed by atoms with Gasteiger partial charge in [-0.05, 0) is 27.9 Å². The molecule has 116 valence electrons. The van der Waals surface area contributed by atoms with Crippen LogP contribution in [-0.2, 0) is 22.1 Å². The Hall–Kier alpha value is 0.194. The molecule has 0 saturated heterocycles. The highest BCUT2D eigenvalue weighted by atomic mass is 28.4. The average molecular weight is 312 g/mol. The number of rotatable bonds is 11. The zero-order valence-electron chi connectivity index (χ0n) is 13.3. The molecule has 0 aromatic rings. The van der Waals surface area contributed by atoms with E-state index in [0.717, 1.165) is 6.04 Å². The zero-order valence-corrected chi connectivity index (χ0v) is 15.3. The summed E-state index contributed by atoms with van der Waals surface area (Å²) >= 11 is 0. The second kappa shape index (κ2) is 9.19. The van der Waals surface area contributed by atoms with Gasteiger partial charge in [-0.15, -0.1) is 0 Å². The highest BCUT2D eigenvalue weighted by Crippen LogP contribution is 2.25. The molecule has 0 aliphatic rings. The van der Waals surface area contributed by atoms with Crippen LogP contribution in [0.1, 0.15) is 13.8 Å². The largest absolute Gasteiger partial charge is 0.500 e. The third kappa shape index (κ3) is 5.23. The predicted octanol–water partition coefficient (Wildman–Crippen LogP) is 1.44. The maximum absolute atomic E-state index is 5.96. The van der Waals surface area contributed by atoms with E-state index in [-0.39, 0.29) is 0 Å². The highest BCUT2D eigenvalue weighted by molar-refractivity contribution is 6.68. The quantitative estimate of drug-likeness (QED) is 0.538. The first-order chi connectivity index (χ1) is 8.95. The van der Waals surface area contributed by atoms with Gasteiger partial charge in [-0.3, -0.25) is 4.57 Å². The van der Waals surface area contributed by atoms with Crippen LogP contribution in [-0.4, -0.2) is 70.7 Å². The van der Waals surface area contributed by atoms with Crippen LogP contribution in [0.3, 0.4) is 0 Å². The SMILES string of the molecule is CCO[Si](CC[Si](OC)(OC)OC)(OCC)N(C)C. The van der Waals surface area contributed by atoms with Gasteiger partial charge >= 0.3 is 17.5 Å². The van der Waals surface area contributed by atoms with E-state index in [1.54, 1.807) is 21.3 Å². The summed E-state index contributed by atoms with van der Waals surface area (Å²) in [5.41, 5.74) is 0. The van der Waals surface area contributed by atoms with Crippen molar-refractivity contribution in [2.45, 2.75) is 25.9 Å². The molecule has 0 radical (unpaired) electrons. The molecular weight excluding hydrogens is 282 g/mol. The summed E-state index contributed by atoms with van der Waals surface area (Å²) in [4.78, 5) is 0. The molecule has 0 aliphatic heterocycles. The molecule has 0 unspecified atom stereocenters. The van der Waals surface area contributed by atoms with Gasteiger partial charge in [-0.1, -0.05) is 0 Å². The van der Waals surface area contributed by atoms with Crippen LogP contribution in [0.25, 0.3) is 0 Å². The van der Waals surface area contributed by atoms with E-state index in [0.29, 0.717) is 19.3 Å². The molecule has 0 atom stereocenters. The summed E-state index contributed by atoms with van der Waals surface area (Å²) < 4.78 is 30.4. The second-order valence-electron chi connectivity index (χ2n) is 4.27. The smallest absolute Gasteiger partial charge is 0.383 e. The van der Waals surface area contributed by atoms with Crippen molar-refractivity contribution < 1.29 is 22.1 Å². The van der Waals surface area contributed by atoms with Crippen molar-refractivity contribution in [1.29, 1.82) is 0 Å². The van der Waals surface area contributed by atoms with E-state index in [1.165, 1.54) is 0 Å². The summed E-state index contributed by atoms with van der Waals surface area (Å²) in [5, 5.41) is 0. The van der Waals surface area contributed by atoms with Crippen molar-refractivity contribution in [3.05, 3.63) is 0 Å². The molecule has 0 aromatic heterocycles. The van der Waals surface area contributed by atoms with Crippen LogP contribution < -0.4 is 0 Å². The maximum atomic E-state index is 5.96. The van der Waals surface area contributed by atoms with Crippen LogP contribution in [0.15, 0.2) is 0 Å². The molecule has 0 rings (SSSR count). The van der Waals surface area contributed by atoms with Gasteiger partial charge in [0.2, 0.25) is 0 Å². The molecule has 0 bridgehead atoms. The number of hydrogen-bond donors (Lipinski definition) is 0. The van der Waals surface area contributed by atoms with Crippen LogP contribution in [0.4, 0.5) is 0 Å². The Balaban J connectivity index is 4.89. The molecule has 0 heterocycles. The van der Waals surface area contributed by atoms with Crippen molar-refractivity contribution >= 4 is 17.5 Å². The monoisotopic (exact) mass is 311 g/mol. The van der Waals surface area contributed by atoms with Gasteiger partial charge in [0, 0.05) is 46.6 Å². The zero-order chi connectivity index (χ0) is 14.9. The van der Waals surface area contributed by atoms with Gasteiger partial charge in [0.15, 0.2) is 0 Å². The lowest BCUT2D eigenvalue weighted by Crippen LogP contribution is -2.57. The Morgan fingerprint density at radius 2 is 1.21 bits per heavy atom. The van der Waals surface area contributed by atoms with Crippen LogP contribution in [0, 0.1) is 0 Å². The normalized spacial score (nSPS) is 13.3. The molecule has 0 aromatic carbocycles. The predicted molar refractivity (Wildman–Crippen MR) is 79.1 cm³/mol. The van der Waals surface area contributed by atoms with Crippen molar-refractivity contribution in [3.8, 4) is 0 Å². The minimum Gasteiger partial charge on any atom is -0.383 e. The Bertz CT molecular complexity index is 225. The van der Waals surface area contributed by atoms with E-state index in [9.17, 15) is 0 Å². The minimum atomic E-state index is -2.58. The summed E-state index contributed by atoms with van der Waals surface area (Å²) in [5.74, 6) is 0. The fourth-order valence-corrected chi connectivity index (χ4v) is 7.82. The van der Waals surface area contributed by atoms with E-state index in [2.05, 4.69) is 4.57 Å². The average Bonchev–Trinajstić information content (AvgIpc) is 2.41. The third-order valence-electron chi connectivity index (χ3n) is 3.10. The van der Waals surface area contributed by atoms with Crippen molar-refractivity contribution in [2.75, 3.05) is 48.6 Å². The lowest BCUT2D eigenvalue weighted by molar-refractivity contribution is 0.116. The van der Waals surface area contributed by atoms with Gasteiger partial charge in [-0.25, -0.2) is 0 Å². The third-order valence-corrected chi connectivity index (χ3v) is 10.1. The minimum absolute atomic E-state index is 0.631. The molecule has 0 aliphatic carbocycles. The molecule has 19 heavy (non-hydrogen) atoms. The second-order valence-corrected chi connectivity index (χ2v) is 10.8. The molecule has 8 heteroatoms. The van der Waals surface area contributed by atoms with Gasteiger partial charge in [-0.2, -0.15) is 0 Å². The van der Waals surface area contributed by atoms with Crippen LogP contribution in [0.2, 0.25) is 12.1 Å². The first-order valence-corrected chi connectivity index (χ1v) is 10.5. The standard InChI is InChI=1S/C11H29NO5Si2/c1-8-16-18(12(3)4,17-9-2)10-11-19(13-5,14-6)15-7/h8-11H2,1-7H3. The molecular formula is C11H29NO5Si2. The summed E-state index contributed by atoms with van der Waals surface area (Å²) in [6, 6.07) is 1.43. The molecule has 0 fully saturated rings. The Kier molecular flexibility index (Phi) is 9.28. The first kappa shape index (κ1) is 19.2. The first-order valence-electron chi connectivity index (χ1n) is 6.56. The van der Waals surface area contributed by atoms with Gasteiger partial charge in [0.25, 0.3) is 0 Å². The topological polar surface area (TPSA) is 49.4 Å². The van der Waals surface area contributed by atoms with Crippen molar-refractivity contribution in [3.63, 3.8) is 0 Å². The van der Waals surface area contributed by atoms with E-state index in [4.69, 9.17) is 22.1 Å². The van der Waals surface area contributed by atoms with E-state index in [1.807, 2.05) is 27.9 Å². The van der Waals surface area contributed by atoms with Crippen LogP contribution >= 0.6 is 0 Å². The lowest BCUT2D eigenvalue weighted by Gasteiger charge is -2.36. The summed E-state index contributed by atoms with van der Waals surface area (Å²) in [7, 11) is 3.87. The van der Waals surface area contributed by atoms with E-state index >= 15 is 0 Å². The molecule has 0 spiro atoms. The van der Waals surface area contributed by atoms with Gasteiger partial charge in [0.1, 0.15) is 0 Å². The Morgan fingerprint density at radius 3 is 1.47 bits per heavy atom. The van der Waals surface area contributed by atoms with E-state index < -0.39 is 17.5 Å². The molecule has 6 nitrogen and oxygen atoms in total. The summed E-state index contributed by atoms with van der Waals surface area (Å²) in [6.07, 6.45) is 0. The number of hydrogen-bond acceptors (Lipinski definition) is 6. The molecule has 0 amide bonds. The Morgan fingerprint density at radius 1 is 0.789 bits per heavy atom. The molecule has 0 N–H and O–H groups in total. The summed E-state index contributed by atoms with van der Waals surface area (Å²) in [6.45, 7) is 5.23. The van der Waals surface area contributed by atoms with Crippen molar-refractivity contribution in [2.24, 2.45) is 0 Å².